The summed E-state index contributed by atoms with van der Waals surface area (Å²) in [6.45, 7) is 6.05. The molecule has 1 aliphatic heterocycles. The van der Waals surface area contributed by atoms with Gasteiger partial charge in [0, 0.05) is 29.9 Å². The molecule has 4 rings (SSSR count). The quantitative estimate of drug-likeness (QED) is 0.557. The number of rotatable bonds is 6. The van der Waals surface area contributed by atoms with E-state index in [9.17, 15) is 10.1 Å². The molecule has 178 valence electrons. The fourth-order valence-corrected chi connectivity index (χ4v) is 3.75. The summed E-state index contributed by atoms with van der Waals surface area (Å²) in [5.74, 6) is 1.08. The van der Waals surface area contributed by atoms with Gasteiger partial charge in [0.05, 0.1) is 36.8 Å². The van der Waals surface area contributed by atoms with Crippen LogP contribution in [0.25, 0.3) is 5.82 Å². The molecule has 0 spiro atoms. The zero-order valence-corrected chi connectivity index (χ0v) is 20.1. The van der Waals surface area contributed by atoms with E-state index in [2.05, 4.69) is 26.5 Å². The zero-order chi connectivity index (χ0) is 25.0. The average Bonchev–Trinajstić information content (AvgIpc) is 3.31. The van der Waals surface area contributed by atoms with Crippen molar-refractivity contribution in [2.75, 3.05) is 31.2 Å². The van der Waals surface area contributed by atoms with Gasteiger partial charge in [0.2, 0.25) is 5.95 Å². The first-order valence-electron chi connectivity index (χ1n) is 11.0. The van der Waals surface area contributed by atoms with Crippen molar-refractivity contribution in [2.45, 2.75) is 25.8 Å². The number of ether oxygens (including phenoxy) is 1. The predicted molar refractivity (Wildman–Crippen MR) is 128 cm³/mol. The maximum Gasteiger partial charge on any atom is 0.251 e. The van der Waals surface area contributed by atoms with Crippen molar-refractivity contribution < 1.29 is 9.53 Å². The Kier molecular flexibility index (Phi) is 6.97. The fraction of sp³-hybridized carbons (Fsp3) is 0.333. The van der Waals surface area contributed by atoms with Gasteiger partial charge in [-0.3, -0.25) is 4.79 Å². The Bertz CT molecular complexity index is 1310. The van der Waals surface area contributed by atoms with Crippen molar-refractivity contribution in [1.29, 1.82) is 10.5 Å². The third-order valence-electron chi connectivity index (χ3n) is 5.62. The molecule has 0 saturated carbocycles. The molecular weight excluding hydrogens is 468 g/mol. The number of hydrogen-bond acceptors (Lipinski definition) is 8. The Morgan fingerprint density at radius 2 is 2.00 bits per heavy atom. The number of amides is 1. The lowest BCUT2D eigenvalue weighted by atomic mass is 9.85. The Morgan fingerprint density at radius 1 is 1.23 bits per heavy atom. The number of morpholine rings is 1. The molecule has 0 unspecified atom stereocenters. The molecule has 11 heteroatoms. The largest absolute Gasteiger partial charge is 0.378 e. The van der Waals surface area contributed by atoms with Crippen LogP contribution in [0.5, 0.6) is 0 Å². The maximum atomic E-state index is 13.0. The van der Waals surface area contributed by atoms with Crippen LogP contribution in [-0.4, -0.2) is 52.0 Å². The number of aromatic nitrogens is 4. The number of halogens is 1. The van der Waals surface area contributed by atoms with Crippen molar-refractivity contribution >= 4 is 23.5 Å². The number of carbonyl (C=O) groups is 1. The van der Waals surface area contributed by atoms with Crippen LogP contribution in [0, 0.1) is 22.7 Å². The van der Waals surface area contributed by atoms with Gasteiger partial charge in [0.15, 0.2) is 11.6 Å². The highest BCUT2D eigenvalue weighted by Gasteiger charge is 2.23. The lowest BCUT2D eigenvalue weighted by Gasteiger charge is -2.25. The van der Waals surface area contributed by atoms with E-state index in [-0.39, 0.29) is 12.5 Å². The average molecular weight is 491 g/mol. The van der Waals surface area contributed by atoms with Crippen molar-refractivity contribution in [3.05, 3.63) is 64.1 Å². The van der Waals surface area contributed by atoms with Gasteiger partial charge >= 0.3 is 0 Å². The lowest BCUT2D eigenvalue weighted by Crippen LogP contribution is -2.37. The fourth-order valence-electron chi connectivity index (χ4n) is 3.51. The minimum atomic E-state index is -0.797. The Balaban J connectivity index is 1.60. The van der Waals surface area contributed by atoms with E-state index >= 15 is 0 Å². The van der Waals surface area contributed by atoms with E-state index in [1.807, 2.05) is 11.0 Å². The van der Waals surface area contributed by atoms with Gasteiger partial charge < -0.3 is 15.0 Å². The van der Waals surface area contributed by atoms with E-state index in [0.717, 1.165) is 0 Å². The number of anilines is 1. The Morgan fingerprint density at radius 3 is 2.66 bits per heavy atom. The molecule has 35 heavy (non-hydrogen) atoms. The number of nitriles is 2. The summed E-state index contributed by atoms with van der Waals surface area (Å²) in [7, 11) is 0. The van der Waals surface area contributed by atoms with Gasteiger partial charge in [0.25, 0.3) is 5.91 Å². The zero-order valence-electron chi connectivity index (χ0n) is 19.3. The Labute approximate surface area is 207 Å². The first kappa shape index (κ1) is 24.1. The van der Waals surface area contributed by atoms with Gasteiger partial charge in [-0.2, -0.15) is 20.2 Å². The third-order valence-corrected chi connectivity index (χ3v) is 5.84. The van der Waals surface area contributed by atoms with Gasteiger partial charge in [-0.25, -0.2) is 4.98 Å². The van der Waals surface area contributed by atoms with Crippen LogP contribution in [0.2, 0.25) is 5.02 Å². The molecule has 0 radical (unpaired) electrons. The summed E-state index contributed by atoms with van der Waals surface area (Å²) >= 11 is 6.23. The molecule has 3 aromatic rings. The highest BCUT2D eigenvalue weighted by Crippen LogP contribution is 2.26. The van der Waals surface area contributed by atoms with E-state index in [1.165, 1.54) is 6.20 Å². The summed E-state index contributed by atoms with van der Waals surface area (Å²) in [5.41, 5.74) is 0.618. The first-order valence-corrected chi connectivity index (χ1v) is 11.3. The number of benzene rings is 1. The normalized spacial score (nSPS) is 13.7. The van der Waals surface area contributed by atoms with Crippen molar-refractivity contribution in [1.82, 2.24) is 25.1 Å². The van der Waals surface area contributed by atoms with E-state index < -0.39 is 5.41 Å². The van der Waals surface area contributed by atoms with Crippen LogP contribution in [0.15, 0.2) is 36.5 Å². The SMILES string of the molecule is CC(C)(C#N)c1cc(Cl)cc(C(=O)NCc2nc(N3CCOCC3)nn2-c2ccc(C#N)cn2)c1. The molecule has 0 aliphatic carbocycles. The number of carbonyl (C=O) groups excluding carboxylic acids is 1. The van der Waals surface area contributed by atoms with Crippen molar-refractivity contribution in [3.63, 3.8) is 0 Å². The van der Waals surface area contributed by atoms with Crippen LogP contribution < -0.4 is 10.2 Å². The standard InChI is InChI=1S/C24H23ClN8O2/c1-24(2,15-27)18-9-17(10-19(25)11-18)22(34)29-14-21-30-23(32-5-7-35-8-6-32)31-33(21)20-4-3-16(12-26)13-28-20/h3-4,9-11,13H,5-8,14H2,1-2H3,(H,29,34). The number of pyridine rings is 1. The molecule has 1 saturated heterocycles. The summed E-state index contributed by atoms with van der Waals surface area (Å²) < 4.78 is 6.96. The maximum absolute atomic E-state index is 13.0. The van der Waals surface area contributed by atoms with Gasteiger partial charge in [-0.05, 0) is 49.7 Å². The molecule has 0 bridgehead atoms. The molecule has 0 atom stereocenters. The third kappa shape index (κ3) is 5.40. The number of nitrogens with zero attached hydrogens (tertiary/aromatic N) is 7. The number of nitrogens with one attached hydrogen (secondary N) is 1. The predicted octanol–water partition coefficient (Wildman–Crippen LogP) is 2.76. The topological polar surface area (TPSA) is 133 Å². The van der Waals surface area contributed by atoms with Crippen LogP contribution in [0.4, 0.5) is 5.95 Å². The number of hydrogen-bond donors (Lipinski definition) is 1. The first-order chi connectivity index (χ1) is 16.8. The van der Waals surface area contributed by atoms with E-state index in [4.69, 9.17) is 21.6 Å². The second-order valence-electron chi connectivity index (χ2n) is 8.50. The van der Waals surface area contributed by atoms with E-state index in [0.29, 0.717) is 65.6 Å². The second-order valence-corrected chi connectivity index (χ2v) is 8.94. The Hall–Kier alpha value is -3.99. The minimum absolute atomic E-state index is 0.0708. The second kappa shape index (κ2) is 10.1. The highest BCUT2D eigenvalue weighted by atomic mass is 35.5. The van der Waals surface area contributed by atoms with Crippen LogP contribution in [0.1, 0.15) is 41.2 Å². The van der Waals surface area contributed by atoms with E-state index in [1.54, 1.807) is 48.9 Å². The van der Waals surface area contributed by atoms with Gasteiger partial charge in [-0.1, -0.05) is 11.6 Å². The lowest BCUT2D eigenvalue weighted by molar-refractivity contribution is 0.0949. The molecular formula is C24H23ClN8O2. The summed E-state index contributed by atoms with van der Waals surface area (Å²) in [5, 5.41) is 26.4. The van der Waals surface area contributed by atoms with Crippen LogP contribution in [0.3, 0.4) is 0 Å². The summed E-state index contributed by atoms with van der Waals surface area (Å²) in [6, 6.07) is 12.5. The molecule has 1 N–H and O–H groups in total. The minimum Gasteiger partial charge on any atom is -0.378 e. The molecule has 1 aromatic carbocycles. The molecule has 2 aromatic heterocycles. The molecule has 1 amide bonds. The molecule has 3 heterocycles. The van der Waals surface area contributed by atoms with Crippen LogP contribution >= 0.6 is 11.6 Å². The van der Waals surface area contributed by atoms with Crippen LogP contribution in [-0.2, 0) is 16.7 Å². The summed E-state index contributed by atoms with van der Waals surface area (Å²) in [4.78, 5) is 23.9. The molecule has 1 fully saturated rings. The molecule has 1 aliphatic rings. The smallest absolute Gasteiger partial charge is 0.251 e. The van der Waals surface area contributed by atoms with Crippen molar-refractivity contribution in [2.24, 2.45) is 0 Å². The van der Waals surface area contributed by atoms with Gasteiger partial charge in [-0.15, -0.1) is 5.10 Å². The monoisotopic (exact) mass is 490 g/mol. The summed E-state index contributed by atoms with van der Waals surface area (Å²) in [6.07, 6.45) is 1.46. The van der Waals surface area contributed by atoms with Crippen molar-refractivity contribution in [3.8, 4) is 18.0 Å². The molecule has 10 nitrogen and oxygen atoms in total. The highest BCUT2D eigenvalue weighted by molar-refractivity contribution is 6.31. The van der Waals surface area contributed by atoms with Gasteiger partial charge in [0.1, 0.15) is 6.07 Å².